The lowest BCUT2D eigenvalue weighted by Gasteiger charge is -2.27. The summed E-state index contributed by atoms with van der Waals surface area (Å²) in [4.78, 5) is 6.41. The van der Waals surface area contributed by atoms with Gasteiger partial charge >= 0.3 is 0 Å². The van der Waals surface area contributed by atoms with Crippen molar-refractivity contribution in [3.05, 3.63) is 58.6 Å². The molecule has 140 valence electrons. The topological polar surface area (TPSA) is 73.1 Å². The van der Waals surface area contributed by atoms with Crippen LogP contribution in [0.25, 0.3) is 34.0 Å². The first-order valence-electron chi connectivity index (χ1n) is 8.91. The summed E-state index contributed by atoms with van der Waals surface area (Å²) >= 11 is 6.06. The average molecular weight is 392 g/mol. The lowest BCUT2D eigenvalue weighted by Crippen LogP contribution is -2.25. The van der Waals surface area contributed by atoms with Gasteiger partial charge in [-0.15, -0.1) is 0 Å². The Labute approximate surface area is 166 Å². The van der Waals surface area contributed by atoms with Gasteiger partial charge in [0.15, 0.2) is 0 Å². The largest absolute Gasteiger partial charge is 0.365 e. The van der Waals surface area contributed by atoms with E-state index in [0.29, 0.717) is 5.89 Å². The summed E-state index contributed by atoms with van der Waals surface area (Å²) in [5.41, 5.74) is 11.2. The van der Waals surface area contributed by atoms with Crippen molar-refractivity contribution in [2.24, 2.45) is 7.05 Å². The number of nitrogen functional groups attached to an aromatic ring is 1. The number of rotatable bonds is 2. The monoisotopic (exact) mass is 391 g/mol. The molecule has 0 aliphatic carbocycles. The SMILES string of the molecule is CN1CC(c2ccc(Cl)cc2)=Cc2c1n(C)c1ccc(-c3nc(N)no3)cc21. The summed E-state index contributed by atoms with van der Waals surface area (Å²) in [7, 11) is 4.20. The molecular formula is C21H18ClN5O. The summed E-state index contributed by atoms with van der Waals surface area (Å²) < 4.78 is 7.46. The maximum absolute atomic E-state index is 6.06. The molecule has 1 aliphatic rings. The first-order chi connectivity index (χ1) is 13.5. The zero-order valence-corrected chi connectivity index (χ0v) is 16.2. The molecule has 0 saturated heterocycles. The average Bonchev–Trinajstić information content (AvgIpc) is 3.24. The van der Waals surface area contributed by atoms with Crippen LogP contribution in [0.2, 0.25) is 5.02 Å². The lowest BCUT2D eigenvalue weighted by atomic mass is 9.98. The zero-order chi connectivity index (χ0) is 19.4. The van der Waals surface area contributed by atoms with Crippen LogP contribution in [0.15, 0.2) is 47.0 Å². The second-order valence-electron chi connectivity index (χ2n) is 7.02. The highest BCUT2D eigenvalue weighted by Crippen LogP contribution is 2.40. The van der Waals surface area contributed by atoms with Crippen LogP contribution in [0.4, 0.5) is 11.8 Å². The number of hydrogen-bond donors (Lipinski definition) is 1. The van der Waals surface area contributed by atoms with Gasteiger partial charge in [-0.2, -0.15) is 4.98 Å². The number of fused-ring (bicyclic) bond motifs is 3. The Kier molecular flexibility index (Phi) is 3.70. The van der Waals surface area contributed by atoms with Gasteiger partial charge in [0, 0.05) is 42.2 Å². The Morgan fingerprint density at radius 2 is 1.82 bits per heavy atom. The molecule has 4 aromatic rings. The minimum Gasteiger partial charge on any atom is -0.365 e. The molecule has 3 heterocycles. The van der Waals surface area contributed by atoms with Gasteiger partial charge in [-0.3, -0.25) is 0 Å². The Hall–Kier alpha value is -3.25. The van der Waals surface area contributed by atoms with Gasteiger partial charge < -0.3 is 19.7 Å². The summed E-state index contributed by atoms with van der Waals surface area (Å²) in [5, 5.41) is 5.56. The fourth-order valence-electron chi connectivity index (χ4n) is 3.94. The number of benzene rings is 2. The maximum Gasteiger partial charge on any atom is 0.261 e. The van der Waals surface area contributed by atoms with E-state index in [1.54, 1.807) is 0 Å². The van der Waals surface area contributed by atoms with Crippen LogP contribution < -0.4 is 10.6 Å². The van der Waals surface area contributed by atoms with Crippen molar-refractivity contribution in [1.82, 2.24) is 14.7 Å². The Morgan fingerprint density at radius 3 is 2.54 bits per heavy atom. The summed E-state index contributed by atoms with van der Waals surface area (Å²) in [5.74, 6) is 1.73. The lowest BCUT2D eigenvalue weighted by molar-refractivity contribution is 0.433. The first kappa shape index (κ1) is 16.9. The standard InChI is InChI=1S/C21H18ClN5O/c1-26-11-14(12-3-6-15(22)7-4-12)10-17-16-9-13(19-24-21(23)25-28-19)5-8-18(16)27(2)20(17)26/h3-10H,11H2,1-2H3,(H2,23,25). The smallest absolute Gasteiger partial charge is 0.261 e. The van der Waals surface area contributed by atoms with Crippen molar-refractivity contribution in [2.45, 2.75) is 0 Å². The highest BCUT2D eigenvalue weighted by Gasteiger charge is 2.23. The predicted molar refractivity (Wildman–Crippen MR) is 113 cm³/mol. The number of hydrogen-bond acceptors (Lipinski definition) is 5. The predicted octanol–water partition coefficient (Wildman–Crippen LogP) is 4.45. The molecule has 0 unspecified atom stereocenters. The summed E-state index contributed by atoms with van der Waals surface area (Å²) in [6, 6.07) is 14.1. The van der Waals surface area contributed by atoms with E-state index in [-0.39, 0.29) is 5.95 Å². The molecular weight excluding hydrogens is 374 g/mol. The van der Waals surface area contributed by atoms with Crippen LogP contribution in [-0.4, -0.2) is 28.3 Å². The summed E-state index contributed by atoms with van der Waals surface area (Å²) in [6.07, 6.45) is 2.26. The fraction of sp³-hybridized carbons (Fsp3) is 0.143. The van der Waals surface area contributed by atoms with Crippen molar-refractivity contribution in [2.75, 3.05) is 24.2 Å². The number of likely N-dealkylation sites (N-methyl/N-ethyl adjacent to an activating group) is 1. The Bertz CT molecular complexity index is 1240. The molecule has 1 aliphatic heterocycles. The van der Waals surface area contributed by atoms with Gasteiger partial charge in [-0.25, -0.2) is 0 Å². The number of nitrogens with two attached hydrogens (primary N) is 1. The van der Waals surface area contributed by atoms with Crippen LogP contribution in [-0.2, 0) is 7.05 Å². The third-order valence-electron chi connectivity index (χ3n) is 5.20. The normalized spacial score (nSPS) is 13.7. The van der Waals surface area contributed by atoms with Crippen LogP contribution in [0.5, 0.6) is 0 Å². The van der Waals surface area contributed by atoms with Crippen molar-refractivity contribution in [3.8, 4) is 11.5 Å². The number of aromatic nitrogens is 3. The minimum absolute atomic E-state index is 0.134. The zero-order valence-electron chi connectivity index (χ0n) is 15.5. The Balaban J connectivity index is 1.71. The van der Waals surface area contributed by atoms with Crippen molar-refractivity contribution in [1.29, 1.82) is 0 Å². The van der Waals surface area contributed by atoms with Crippen molar-refractivity contribution >= 4 is 45.9 Å². The van der Waals surface area contributed by atoms with E-state index in [9.17, 15) is 0 Å². The van der Waals surface area contributed by atoms with Gasteiger partial charge in [0.2, 0.25) is 0 Å². The summed E-state index contributed by atoms with van der Waals surface area (Å²) in [6.45, 7) is 0.825. The van der Waals surface area contributed by atoms with E-state index < -0.39 is 0 Å². The van der Waals surface area contributed by atoms with Crippen LogP contribution in [0, 0.1) is 0 Å². The van der Waals surface area contributed by atoms with E-state index in [4.69, 9.17) is 21.9 Å². The molecule has 0 saturated carbocycles. The van der Waals surface area contributed by atoms with E-state index >= 15 is 0 Å². The van der Waals surface area contributed by atoms with Crippen LogP contribution in [0.1, 0.15) is 11.1 Å². The molecule has 2 aromatic carbocycles. The number of nitrogens with zero attached hydrogens (tertiary/aromatic N) is 4. The maximum atomic E-state index is 6.06. The van der Waals surface area contributed by atoms with Crippen molar-refractivity contribution < 1.29 is 4.52 Å². The number of aryl methyl sites for hydroxylation is 1. The van der Waals surface area contributed by atoms with E-state index in [1.807, 2.05) is 18.2 Å². The van der Waals surface area contributed by atoms with Crippen LogP contribution in [0.3, 0.4) is 0 Å². The molecule has 28 heavy (non-hydrogen) atoms. The molecule has 2 aromatic heterocycles. The van der Waals surface area contributed by atoms with E-state index in [1.165, 1.54) is 22.5 Å². The molecule has 7 heteroatoms. The van der Waals surface area contributed by atoms with Gasteiger partial charge in [-0.05, 0) is 52.7 Å². The van der Waals surface area contributed by atoms with Gasteiger partial charge in [0.1, 0.15) is 5.82 Å². The van der Waals surface area contributed by atoms with E-state index in [0.717, 1.165) is 28.0 Å². The second kappa shape index (κ2) is 6.14. The molecule has 6 nitrogen and oxygen atoms in total. The number of halogens is 1. The molecule has 2 N–H and O–H groups in total. The van der Waals surface area contributed by atoms with Crippen LogP contribution >= 0.6 is 11.6 Å². The quantitative estimate of drug-likeness (QED) is 0.546. The van der Waals surface area contributed by atoms with Gasteiger partial charge in [0.25, 0.3) is 11.8 Å². The van der Waals surface area contributed by atoms with Gasteiger partial charge in [0.05, 0.1) is 5.52 Å². The molecule has 5 rings (SSSR count). The fourth-order valence-corrected chi connectivity index (χ4v) is 4.06. The van der Waals surface area contributed by atoms with Crippen molar-refractivity contribution in [3.63, 3.8) is 0 Å². The molecule has 0 bridgehead atoms. The molecule has 0 amide bonds. The third-order valence-corrected chi connectivity index (χ3v) is 5.45. The molecule has 0 spiro atoms. The molecule has 0 radical (unpaired) electrons. The minimum atomic E-state index is 0.134. The highest BCUT2D eigenvalue weighted by molar-refractivity contribution is 6.30. The molecule has 0 atom stereocenters. The third kappa shape index (κ3) is 2.57. The Morgan fingerprint density at radius 1 is 1.07 bits per heavy atom. The first-order valence-corrected chi connectivity index (χ1v) is 9.28. The number of anilines is 2. The second-order valence-corrected chi connectivity index (χ2v) is 7.45. The van der Waals surface area contributed by atoms with E-state index in [2.05, 4.69) is 64.0 Å². The molecule has 0 fully saturated rings. The van der Waals surface area contributed by atoms with Gasteiger partial charge in [-0.1, -0.05) is 23.7 Å². The highest BCUT2D eigenvalue weighted by atomic mass is 35.5.